The summed E-state index contributed by atoms with van der Waals surface area (Å²) < 4.78 is 91.9. The highest BCUT2D eigenvalue weighted by Crippen LogP contribution is 2.44. The lowest BCUT2D eigenvalue weighted by molar-refractivity contribution is -0.248. The first-order chi connectivity index (χ1) is 43.4. The molecule has 91 heavy (non-hydrogen) atoms. The Labute approximate surface area is 536 Å². The summed E-state index contributed by atoms with van der Waals surface area (Å²) in [6.45, 7) is 22.2. The van der Waals surface area contributed by atoms with Gasteiger partial charge in [-0.3, -0.25) is 0 Å². The highest BCUT2D eigenvalue weighted by molar-refractivity contribution is 5.06. The average molecular weight is 1330 g/mol. The van der Waals surface area contributed by atoms with Gasteiger partial charge in [-0.2, -0.15) is 0 Å². The summed E-state index contributed by atoms with van der Waals surface area (Å²) in [7, 11) is 3.06. The van der Waals surface area contributed by atoms with E-state index in [2.05, 4.69) is 13.8 Å². The fraction of sp³-hybridized carbons (Fsp3) is 1.00. The van der Waals surface area contributed by atoms with Crippen molar-refractivity contribution < 1.29 is 142 Å². The molecule has 10 heterocycles. The van der Waals surface area contributed by atoms with Gasteiger partial charge in [-0.1, -0.05) is 74.7 Å². The zero-order chi connectivity index (χ0) is 67.2. The second-order valence-corrected chi connectivity index (χ2v) is 25.7. The van der Waals surface area contributed by atoms with Crippen LogP contribution in [0.15, 0.2) is 0 Å². The maximum atomic E-state index is 10.2. The average Bonchev–Trinajstić information content (AvgIpc) is 1.71. The van der Waals surface area contributed by atoms with E-state index in [1.54, 1.807) is 20.8 Å². The number of aliphatic hydroxyl groups is 12. The monoisotopic (exact) mass is 1320 g/mol. The van der Waals surface area contributed by atoms with Crippen molar-refractivity contribution >= 4 is 0 Å². The lowest BCUT2D eigenvalue weighted by Crippen LogP contribution is -2.60. The summed E-state index contributed by atoms with van der Waals surface area (Å²) in [5, 5.41) is 116. The van der Waals surface area contributed by atoms with Gasteiger partial charge >= 0.3 is 0 Å². The Kier molecular flexibility index (Phi) is 34.4. The number of hydrogen-bond acceptors (Lipinski definition) is 29. The number of aliphatic hydroxyl groups excluding tert-OH is 12. The van der Waals surface area contributed by atoms with Crippen LogP contribution in [-0.2, 0) is 80.5 Å². The van der Waals surface area contributed by atoms with Gasteiger partial charge < -0.3 is 142 Å². The quantitative estimate of drug-likeness (QED) is 0.0413. The lowest BCUT2D eigenvalue weighted by atomic mass is 9.86. The molecule has 25 atom stereocenters. The number of fused-ring (bicyclic) bond motifs is 10. The van der Waals surface area contributed by atoms with Gasteiger partial charge in [0.2, 0.25) is 0 Å². The Morgan fingerprint density at radius 2 is 0.549 bits per heavy atom. The van der Waals surface area contributed by atoms with Crippen LogP contribution in [-0.4, -0.2) is 322 Å². The summed E-state index contributed by atoms with van der Waals surface area (Å²) >= 11 is 0. The van der Waals surface area contributed by atoms with Crippen LogP contribution < -0.4 is 0 Å². The molecule has 0 aliphatic carbocycles. The van der Waals surface area contributed by atoms with Gasteiger partial charge in [-0.25, -0.2) is 0 Å². The van der Waals surface area contributed by atoms with Gasteiger partial charge in [0.05, 0.1) is 123 Å². The zero-order valence-corrected chi connectivity index (χ0v) is 55.4. The van der Waals surface area contributed by atoms with E-state index in [0.717, 1.165) is 51.4 Å². The maximum Gasteiger partial charge on any atom is 0.163 e. The fourth-order valence-corrected chi connectivity index (χ4v) is 12.1. The molecule has 0 saturated carbocycles. The van der Waals surface area contributed by atoms with Crippen LogP contribution in [0.5, 0.6) is 0 Å². The van der Waals surface area contributed by atoms with Gasteiger partial charge in [0.15, 0.2) is 31.5 Å². The Balaban J connectivity index is 0.000000199. The van der Waals surface area contributed by atoms with Gasteiger partial charge in [0.25, 0.3) is 0 Å². The molecule has 0 aromatic rings. The predicted octanol–water partition coefficient (Wildman–Crippen LogP) is -1.12. The third-order valence-corrected chi connectivity index (χ3v) is 18.4. The minimum absolute atomic E-state index is 0.0843. The van der Waals surface area contributed by atoms with Gasteiger partial charge in [-0.05, 0) is 32.1 Å². The summed E-state index contributed by atoms with van der Waals surface area (Å²) in [6, 6.07) is 0. The Morgan fingerprint density at radius 1 is 0.308 bits per heavy atom. The standard InChI is InChI=1S/C13H24O5.C12H22O5.C11H20O5.2C9H16O5.C8H18O4/c1-3-4-5-6-16-7-13-8-17-12(18-13)9(2)10(14)11(13)15;1-3-4-5-15-6-12-7-16-11(17-12)8(2)9(13)10(12)14;1-3-4-14-5-11-6-15-10(16-11)7(2)8(12)9(11)13;2*1-5-6(10)7(11)9(3-12-2)4-13-8(5)14-9;9-3-7-11-5-1-2-6-12-8-4-10/h9-12,14-15H,3-8H2,1-2H3;8-11,13-14H,3-7H2,1-2H3;7-10,12-13H,3-6H2,1-2H3;2*5-8,10-11H,3-4H2,1-2H3;9-10H,1-8H2/t9-,10-,11-,12+,13+;8-,9-,10-,11+,12+;7-,8-,9-,10+,11+;2*5-,6-,7-,8+,9+;/m11111./s1. The van der Waals surface area contributed by atoms with E-state index in [1.165, 1.54) is 14.2 Å². The van der Waals surface area contributed by atoms with E-state index < -0.39 is 120 Å². The molecule has 0 spiro atoms. The van der Waals surface area contributed by atoms with Crippen LogP contribution in [0.2, 0.25) is 0 Å². The Hall–Kier alpha value is -1.16. The molecule has 0 radical (unpaired) electrons. The summed E-state index contributed by atoms with van der Waals surface area (Å²) in [4.78, 5) is 0. The van der Waals surface area contributed by atoms with Crippen molar-refractivity contribution in [2.45, 2.75) is 227 Å². The third-order valence-electron chi connectivity index (χ3n) is 18.4. The molecule has 29 nitrogen and oxygen atoms in total. The number of ether oxygens (including phenoxy) is 17. The highest BCUT2D eigenvalue weighted by Gasteiger charge is 2.62. The molecule has 0 aromatic heterocycles. The van der Waals surface area contributed by atoms with Crippen molar-refractivity contribution in [1.82, 2.24) is 0 Å². The molecular formula is C62H116O29. The molecule has 29 heteroatoms. The van der Waals surface area contributed by atoms with E-state index in [4.69, 9.17) is 90.7 Å². The first-order valence-corrected chi connectivity index (χ1v) is 32.8. The highest BCUT2D eigenvalue weighted by atomic mass is 16.8. The zero-order valence-electron chi connectivity index (χ0n) is 55.4. The van der Waals surface area contributed by atoms with Crippen molar-refractivity contribution in [2.75, 3.05) is 140 Å². The van der Waals surface area contributed by atoms with Crippen molar-refractivity contribution in [1.29, 1.82) is 0 Å². The molecule has 10 saturated heterocycles. The minimum Gasteiger partial charge on any atom is -0.394 e. The number of hydrogen-bond donors (Lipinski definition) is 12. The van der Waals surface area contributed by atoms with Crippen molar-refractivity contribution in [3.05, 3.63) is 0 Å². The molecule has 10 fully saturated rings. The largest absolute Gasteiger partial charge is 0.394 e. The molecule has 0 amide bonds. The Bertz CT molecular complexity index is 1920. The second kappa shape index (κ2) is 38.8. The third kappa shape index (κ3) is 20.3. The normalized spacial score (nSPS) is 42.8. The van der Waals surface area contributed by atoms with Crippen LogP contribution in [0.1, 0.15) is 107 Å². The first kappa shape index (κ1) is 80.5. The van der Waals surface area contributed by atoms with E-state index in [1.807, 2.05) is 20.8 Å². The van der Waals surface area contributed by atoms with E-state index >= 15 is 0 Å². The van der Waals surface area contributed by atoms with Crippen LogP contribution in [0.25, 0.3) is 0 Å². The molecule has 10 aliphatic rings. The summed E-state index contributed by atoms with van der Waals surface area (Å²) in [5.74, 6) is -1.06. The van der Waals surface area contributed by atoms with E-state index in [0.29, 0.717) is 46.2 Å². The molecule has 0 aromatic carbocycles. The molecule has 10 aliphatic heterocycles. The van der Waals surface area contributed by atoms with Crippen molar-refractivity contribution in [2.24, 2.45) is 29.6 Å². The van der Waals surface area contributed by atoms with Crippen LogP contribution >= 0.6 is 0 Å². The Morgan fingerprint density at radius 3 is 0.802 bits per heavy atom. The molecule has 10 rings (SSSR count). The van der Waals surface area contributed by atoms with E-state index in [9.17, 15) is 51.1 Å². The summed E-state index contributed by atoms with van der Waals surface area (Å²) in [5.41, 5.74) is -4.42. The van der Waals surface area contributed by atoms with Crippen LogP contribution in [0, 0.1) is 29.6 Å². The predicted molar refractivity (Wildman–Crippen MR) is 320 cm³/mol. The molecule has 10 bridgehead atoms. The van der Waals surface area contributed by atoms with Gasteiger partial charge in [-0.15, -0.1) is 0 Å². The number of rotatable bonds is 28. The fourth-order valence-electron chi connectivity index (χ4n) is 12.1. The van der Waals surface area contributed by atoms with Crippen molar-refractivity contribution in [3.8, 4) is 0 Å². The maximum absolute atomic E-state index is 10.2. The SMILES string of the molecule is CCCCCOC[C@@]12CO[C@@H](O1)[C@H](C)[C@@H](O)[C@H]2O.CCCCOC[C@@]12CO[C@@H](O1)[C@H](C)[C@@H](O)[C@H]2O.CCCOC[C@@]12CO[C@@H](O1)[C@H](C)[C@@H](O)[C@H]2O.COC[C@@]12CO[C@@H](O1)[C@H](C)[C@@H](O)[C@H]2O.COC[C@@]12CO[C@@H](O1)[C@H](C)[C@@H](O)[C@H]2O.OCCOCCCCOCCO. The molecule has 0 unspecified atom stereocenters. The first-order valence-electron chi connectivity index (χ1n) is 32.8. The number of methoxy groups -OCH3 is 2. The van der Waals surface area contributed by atoms with Crippen LogP contribution in [0.4, 0.5) is 0 Å². The van der Waals surface area contributed by atoms with E-state index in [-0.39, 0.29) is 109 Å². The molecule has 538 valence electrons. The van der Waals surface area contributed by atoms with Gasteiger partial charge in [0.1, 0.15) is 58.5 Å². The smallest absolute Gasteiger partial charge is 0.163 e. The van der Waals surface area contributed by atoms with Crippen LogP contribution in [0.3, 0.4) is 0 Å². The number of unbranched alkanes of at least 4 members (excludes halogenated alkanes) is 4. The topological polar surface area (TPSA) is 400 Å². The minimum atomic E-state index is -0.948. The van der Waals surface area contributed by atoms with Gasteiger partial charge in [0, 0.05) is 76.8 Å². The lowest BCUT2D eigenvalue weighted by Gasteiger charge is -2.41. The van der Waals surface area contributed by atoms with Crippen molar-refractivity contribution in [3.63, 3.8) is 0 Å². The summed E-state index contributed by atoms with van der Waals surface area (Å²) in [6.07, 6.45) is -2.82. The molecule has 12 N–H and O–H groups in total. The molecular weight excluding hydrogens is 1210 g/mol. The second-order valence-electron chi connectivity index (χ2n) is 25.7.